The number of benzene rings is 2. The summed E-state index contributed by atoms with van der Waals surface area (Å²) in [6.45, 7) is 10.6. The smallest absolute Gasteiger partial charge is 0.306 e. The van der Waals surface area contributed by atoms with Crippen LogP contribution >= 0.6 is 0 Å². The fourth-order valence-electron chi connectivity index (χ4n) is 3.52. The molecule has 6 heteroatoms. The molecule has 0 radical (unpaired) electrons. The maximum absolute atomic E-state index is 13.1. The third-order valence-corrected chi connectivity index (χ3v) is 6.45. The molecule has 0 spiro atoms. The summed E-state index contributed by atoms with van der Waals surface area (Å²) < 4.78 is 18.1. The minimum absolute atomic E-state index is 0.108. The summed E-state index contributed by atoms with van der Waals surface area (Å²) >= 11 is 0. The normalized spacial score (nSPS) is 14.0. The first kappa shape index (κ1) is 19.6. The average molecular weight is 386 g/mol. The van der Waals surface area contributed by atoms with Gasteiger partial charge < -0.3 is 4.98 Å². The standard InChI is InChI=1S/C21H27N3O2S/c1-13(2)18(12-24-19-9-7-6-8-17(19)22-21(24)25)23-27(26)20-15(4)10-14(3)11-16(20)5/h6-11,13,18,23H,12H2,1-5H3,(H,22,25). The number of aryl methyl sites for hydroxylation is 3. The molecule has 0 aliphatic rings. The lowest BCUT2D eigenvalue weighted by Gasteiger charge is -2.23. The highest BCUT2D eigenvalue weighted by molar-refractivity contribution is 7.83. The number of nitrogens with one attached hydrogen (secondary N) is 2. The Kier molecular flexibility index (Phi) is 5.67. The number of hydrogen-bond acceptors (Lipinski definition) is 2. The van der Waals surface area contributed by atoms with E-state index in [0.29, 0.717) is 6.54 Å². The molecule has 0 aliphatic heterocycles. The molecule has 27 heavy (non-hydrogen) atoms. The molecular weight excluding hydrogens is 358 g/mol. The van der Waals surface area contributed by atoms with E-state index in [2.05, 4.69) is 35.7 Å². The quantitative estimate of drug-likeness (QED) is 0.681. The SMILES string of the molecule is Cc1cc(C)c(S(=O)NC(Cn2c(=O)[nH]c3ccccc32)C(C)C)c(C)c1. The van der Waals surface area contributed by atoms with Gasteiger partial charge in [-0.15, -0.1) is 0 Å². The summed E-state index contributed by atoms with van der Waals surface area (Å²) in [5, 5.41) is 0. The molecule has 0 aliphatic carbocycles. The van der Waals surface area contributed by atoms with Crippen LogP contribution in [0, 0.1) is 26.7 Å². The van der Waals surface area contributed by atoms with Gasteiger partial charge in [-0.3, -0.25) is 4.57 Å². The van der Waals surface area contributed by atoms with Gasteiger partial charge in [0.05, 0.1) is 15.9 Å². The summed E-state index contributed by atoms with van der Waals surface area (Å²) in [7, 11) is -1.34. The van der Waals surface area contributed by atoms with Crippen molar-refractivity contribution in [2.24, 2.45) is 5.92 Å². The van der Waals surface area contributed by atoms with Gasteiger partial charge in [0.2, 0.25) is 0 Å². The molecule has 2 aromatic carbocycles. The minimum Gasteiger partial charge on any atom is -0.306 e. The van der Waals surface area contributed by atoms with E-state index in [0.717, 1.165) is 32.6 Å². The van der Waals surface area contributed by atoms with E-state index in [-0.39, 0.29) is 17.6 Å². The van der Waals surface area contributed by atoms with Crippen LogP contribution in [0.25, 0.3) is 11.0 Å². The van der Waals surface area contributed by atoms with Crippen LogP contribution in [0.5, 0.6) is 0 Å². The third-order valence-electron chi connectivity index (χ3n) is 4.91. The molecule has 2 atom stereocenters. The number of para-hydroxylation sites is 2. The van der Waals surface area contributed by atoms with Crippen molar-refractivity contribution in [2.75, 3.05) is 0 Å². The molecule has 0 fully saturated rings. The average Bonchev–Trinajstić information content (AvgIpc) is 2.88. The number of fused-ring (bicyclic) bond motifs is 1. The number of hydrogen-bond donors (Lipinski definition) is 2. The Morgan fingerprint density at radius 1 is 1.11 bits per heavy atom. The zero-order chi connectivity index (χ0) is 19.7. The van der Waals surface area contributed by atoms with Crippen molar-refractivity contribution < 1.29 is 4.21 Å². The van der Waals surface area contributed by atoms with Crippen molar-refractivity contribution in [3.63, 3.8) is 0 Å². The van der Waals surface area contributed by atoms with Gasteiger partial charge in [0.1, 0.15) is 11.0 Å². The van der Waals surface area contributed by atoms with Crippen molar-refractivity contribution in [2.45, 2.75) is 52.1 Å². The van der Waals surface area contributed by atoms with Gasteiger partial charge in [-0.25, -0.2) is 13.7 Å². The van der Waals surface area contributed by atoms with Crippen LogP contribution in [0.2, 0.25) is 0 Å². The zero-order valence-electron chi connectivity index (χ0n) is 16.5. The second kappa shape index (κ2) is 7.82. The second-order valence-corrected chi connectivity index (χ2v) is 8.70. The molecular formula is C21H27N3O2S. The molecule has 3 aromatic rings. The Morgan fingerprint density at radius 2 is 1.74 bits per heavy atom. The summed E-state index contributed by atoms with van der Waals surface area (Å²) in [5.41, 5.74) is 4.74. The maximum Gasteiger partial charge on any atom is 0.326 e. The van der Waals surface area contributed by atoms with Gasteiger partial charge in [0, 0.05) is 12.6 Å². The molecule has 1 heterocycles. The van der Waals surface area contributed by atoms with Crippen LogP contribution in [-0.2, 0) is 17.5 Å². The van der Waals surface area contributed by atoms with Gasteiger partial charge in [-0.2, -0.15) is 0 Å². The molecule has 3 rings (SSSR count). The number of aromatic nitrogens is 2. The fraction of sp³-hybridized carbons (Fsp3) is 0.381. The number of H-pyrrole nitrogens is 1. The molecule has 0 saturated heterocycles. The lowest BCUT2D eigenvalue weighted by Crippen LogP contribution is -2.41. The van der Waals surface area contributed by atoms with Gasteiger partial charge >= 0.3 is 5.69 Å². The predicted octanol–water partition coefficient (Wildman–Crippen LogP) is 3.59. The lowest BCUT2D eigenvalue weighted by molar-refractivity contribution is 0.406. The molecule has 1 aromatic heterocycles. The van der Waals surface area contributed by atoms with E-state index in [9.17, 15) is 9.00 Å². The Morgan fingerprint density at radius 3 is 2.37 bits per heavy atom. The first-order valence-corrected chi connectivity index (χ1v) is 10.4. The van der Waals surface area contributed by atoms with Gasteiger partial charge in [0.15, 0.2) is 0 Å². The molecule has 0 bridgehead atoms. The second-order valence-electron chi connectivity index (χ2n) is 7.52. The predicted molar refractivity (Wildman–Crippen MR) is 111 cm³/mol. The van der Waals surface area contributed by atoms with Crippen molar-refractivity contribution >= 4 is 22.0 Å². The van der Waals surface area contributed by atoms with Crippen LogP contribution in [0.15, 0.2) is 46.1 Å². The summed E-state index contributed by atoms with van der Waals surface area (Å²) in [5.74, 6) is 0.209. The first-order chi connectivity index (χ1) is 12.8. The molecule has 0 saturated carbocycles. The molecule has 144 valence electrons. The lowest BCUT2D eigenvalue weighted by atomic mass is 10.1. The van der Waals surface area contributed by atoms with E-state index in [1.54, 1.807) is 4.57 Å². The zero-order valence-corrected chi connectivity index (χ0v) is 17.3. The van der Waals surface area contributed by atoms with Crippen molar-refractivity contribution in [3.8, 4) is 0 Å². The van der Waals surface area contributed by atoms with E-state index in [1.165, 1.54) is 0 Å². The van der Waals surface area contributed by atoms with E-state index < -0.39 is 11.0 Å². The molecule has 5 nitrogen and oxygen atoms in total. The van der Waals surface area contributed by atoms with Crippen molar-refractivity contribution in [1.29, 1.82) is 0 Å². The highest BCUT2D eigenvalue weighted by Gasteiger charge is 2.21. The van der Waals surface area contributed by atoms with E-state index >= 15 is 0 Å². The summed E-state index contributed by atoms with van der Waals surface area (Å²) in [6, 6.07) is 11.6. The number of rotatable bonds is 6. The van der Waals surface area contributed by atoms with Crippen LogP contribution < -0.4 is 10.4 Å². The summed E-state index contributed by atoms with van der Waals surface area (Å²) in [4.78, 5) is 16.1. The van der Waals surface area contributed by atoms with E-state index in [1.807, 2.05) is 45.0 Å². The van der Waals surface area contributed by atoms with Crippen LogP contribution in [0.3, 0.4) is 0 Å². The van der Waals surface area contributed by atoms with E-state index in [4.69, 9.17) is 0 Å². The van der Waals surface area contributed by atoms with Gasteiger partial charge in [0.25, 0.3) is 0 Å². The van der Waals surface area contributed by atoms with Crippen LogP contribution in [0.1, 0.15) is 30.5 Å². The third kappa shape index (κ3) is 4.06. The Labute approximate surface area is 162 Å². The molecule has 2 unspecified atom stereocenters. The number of imidazole rings is 1. The highest BCUT2D eigenvalue weighted by Crippen LogP contribution is 2.21. The Balaban J connectivity index is 1.90. The van der Waals surface area contributed by atoms with Gasteiger partial charge in [-0.1, -0.05) is 43.7 Å². The topological polar surface area (TPSA) is 66.9 Å². The maximum atomic E-state index is 13.1. The van der Waals surface area contributed by atoms with Crippen molar-refractivity contribution in [3.05, 3.63) is 63.6 Å². The first-order valence-electron chi connectivity index (χ1n) is 9.21. The Bertz CT molecular complexity index is 1030. The van der Waals surface area contributed by atoms with Crippen LogP contribution in [-0.4, -0.2) is 19.8 Å². The van der Waals surface area contributed by atoms with Gasteiger partial charge in [-0.05, 0) is 49.9 Å². The van der Waals surface area contributed by atoms with Crippen LogP contribution in [0.4, 0.5) is 0 Å². The Hall–Kier alpha value is -2.18. The van der Waals surface area contributed by atoms with Crippen molar-refractivity contribution in [1.82, 2.24) is 14.3 Å². The monoisotopic (exact) mass is 385 g/mol. The molecule has 0 amide bonds. The molecule has 2 N–H and O–H groups in total. The minimum atomic E-state index is -1.34. The number of aromatic amines is 1. The largest absolute Gasteiger partial charge is 0.326 e. The summed E-state index contributed by atoms with van der Waals surface area (Å²) in [6.07, 6.45) is 0. The number of nitrogens with zero attached hydrogens (tertiary/aromatic N) is 1. The highest BCUT2D eigenvalue weighted by atomic mass is 32.2. The fourth-order valence-corrected chi connectivity index (χ4v) is 4.97.